The molecule has 2 N–H and O–H groups in total. The lowest BCUT2D eigenvalue weighted by atomic mass is 9.87. The van der Waals surface area contributed by atoms with Gasteiger partial charge in [-0.05, 0) is 44.9 Å². The largest absolute Gasteiger partial charge is 0.396 e. The number of hydrogen-bond acceptors (Lipinski definition) is 4. The molecule has 0 radical (unpaired) electrons. The maximum atomic E-state index is 13.0. The van der Waals surface area contributed by atoms with Gasteiger partial charge in [0.2, 0.25) is 5.91 Å². The molecule has 6 nitrogen and oxygen atoms in total. The topological polar surface area (TPSA) is 74.6 Å². The Bertz CT molecular complexity index is 811. The lowest BCUT2D eigenvalue weighted by molar-refractivity contribution is -0.129. The van der Waals surface area contributed by atoms with E-state index < -0.39 is 0 Å². The second kappa shape index (κ2) is 7.24. The molecule has 1 saturated carbocycles. The van der Waals surface area contributed by atoms with Crippen LogP contribution in [0.15, 0.2) is 23.0 Å². The van der Waals surface area contributed by atoms with Gasteiger partial charge in [-0.3, -0.25) is 14.5 Å². The molecule has 0 unspecified atom stereocenters. The number of pyridine rings is 1. The van der Waals surface area contributed by atoms with Gasteiger partial charge in [-0.25, -0.2) is 0 Å². The molecule has 1 aromatic heterocycles. The first kappa shape index (κ1) is 18.4. The molecule has 1 aromatic rings. The number of aliphatic hydroxyl groups excluding tert-OH is 1. The Labute approximate surface area is 159 Å². The van der Waals surface area contributed by atoms with Crippen LogP contribution in [0, 0.1) is 11.8 Å². The minimum Gasteiger partial charge on any atom is -0.396 e. The van der Waals surface area contributed by atoms with E-state index in [1.165, 1.54) is 6.42 Å². The number of amides is 1. The van der Waals surface area contributed by atoms with Crippen molar-refractivity contribution in [3.05, 3.63) is 39.8 Å². The summed E-state index contributed by atoms with van der Waals surface area (Å²) < 4.78 is 1.84. The van der Waals surface area contributed by atoms with Crippen LogP contribution < -0.4 is 10.9 Å². The molecule has 3 aliphatic rings. The van der Waals surface area contributed by atoms with E-state index >= 15 is 0 Å². The Hall–Kier alpha value is -1.92. The van der Waals surface area contributed by atoms with Crippen molar-refractivity contribution < 1.29 is 9.90 Å². The molecule has 1 amide bonds. The molecular formula is C21H29N3O3. The normalized spacial score (nSPS) is 30.3. The number of fused-ring (bicyclic) bond motifs is 3. The Morgan fingerprint density at radius 3 is 2.74 bits per heavy atom. The van der Waals surface area contributed by atoms with E-state index in [0.29, 0.717) is 18.7 Å². The van der Waals surface area contributed by atoms with Gasteiger partial charge in [0.25, 0.3) is 5.56 Å². The van der Waals surface area contributed by atoms with E-state index in [0.717, 1.165) is 18.5 Å². The molecule has 4 atom stereocenters. The molecule has 2 aliphatic heterocycles. The van der Waals surface area contributed by atoms with Gasteiger partial charge in [0.15, 0.2) is 0 Å². The number of carbonyl (C=O) groups is 1. The third kappa shape index (κ3) is 2.86. The summed E-state index contributed by atoms with van der Waals surface area (Å²) in [6, 6.07) is 3.87. The number of rotatable bonds is 5. The van der Waals surface area contributed by atoms with Crippen LogP contribution in [0.5, 0.6) is 0 Å². The molecule has 1 aliphatic carbocycles. The van der Waals surface area contributed by atoms with Gasteiger partial charge in [-0.1, -0.05) is 19.1 Å². The summed E-state index contributed by atoms with van der Waals surface area (Å²) in [6.45, 7) is 5.20. The molecular weight excluding hydrogens is 342 g/mol. The maximum absolute atomic E-state index is 13.0. The zero-order valence-electron chi connectivity index (χ0n) is 16.1. The summed E-state index contributed by atoms with van der Waals surface area (Å²) in [4.78, 5) is 28.0. The summed E-state index contributed by atoms with van der Waals surface area (Å²) in [5, 5.41) is 13.3. The smallest absolute Gasteiger partial charge is 0.258 e. The maximum Gasteiger partial charge on any atom is 0.258 e. The fourth-order valence-corrected chi connectivity index (χ4v) is 5.14. The van der Waals surface area contributed by atoms with Crippen molar-refractivity contribution in [3.8, 4) is 0 Å². The van der Waals surface area contributed by atoms with E-state index in [1.54, 1.807) is 0 Å². The van der Waals surface area contributed by atoms with E-state index in [2.05, 4.69) is 17.1 Å². The summed E-state index contributed by atoms with van der Waals surface area (Å²) in [6.07, 6.45) is 6.97. The molecule has 0 spiro atoms. The first-order valence-electron chi connectivity index (χ1n) is 10.1. The highest BCUT2D eigenvalue weighted by atomic mass is 16.3. The predicted octanol–water partition coefficient (Wildman–Crippen LogP) is 1.53. The second-order valence-corrected chi connectivity index (χ2v) is 8.00. The van der Waals surface area contributed by atoms with Crippen LogP contribution in [0.25, 0.3) is 6.08 Å². The zero-order chi connectivity index (χ0) is 19.1. The average molecular weight is 371 g/mol. The fraction of sp³-hybridized carbons (Fsp3) is 0.619. The molecule has 146 valence electrons. The Morgan fingerprint density at radius 1 is 1.37 bits per heavy atom. The number of likely N-dealkylation sites (tertiary alicyclic amines) is 1. The van der Waals surface area contributed by atoms with Crippen molar-refractivity contribution in [3.63, 3.8) is 0 Å². The molecule has 2 fully saturated rings. The van der Waals surface area contributed by atoms with Crippen molar-refractivity contribution in [1.29, 1.82) is 0 Å². The highest BCUT2D eigenvalue weighted by Crippen LogP contribution is 2.49. The Kier molecular flexibility index (Phi) is 4.95. The lowest BCUT2D eigenvalue weighted by Crippen LogP contribution is -2.52. The number of aromatic nitrogens is 1. The van der Waals surface area contributed by atoms with Crippen LogP contribution in [0.4, 0.5) is 0 Å². The highest BCUT2D eigenvalue weighted by Gasteiger charge is 2.55. The van der Waals surface area contributed by atoms with Crippen molar-refractivity contribution >= 4 is 12.0 Å². The predicted molar refractivity (Wildman–Crippen MR) is 104 cm³/mol. The SMILES string of the molecule is C/C=C\c1ccc2n(c1=O)C[C@H]1[C@H](CO)[C@@H](C(=O)NC3CCC3)N(CC)[C@@H]21. The summed E-state index contributed by atoms with van der Waals surface area (Å²) in [5.41, 5.74) is 1.67. The number of hydrogen-bond donors (Lipinski definition) is 2. The quantitative estimate of drug-likeness (QED) is 0.823. The van der Waals surface area contributed by atoms with Gasteiger partial charge >= 0.3 is 0 Å². The van der Waals surface area contributed by atoms with Crippen LogP contribution in [0.1, 0.15) is 50.4 Å². The van der Waals surface area contributed by atoms with Crippen molar-refractivity contribution in [1.82, 2.24) is 14.8 Å². The first-order valence-corrected chi connectivity index (χ1v) is 10.1. The third-order valence-electron chi connectivity index (χ3n) is 6.65. The van der Waals surface area contributed by atoms with E-state index in [-0.39, 0.29) is 48.0 Å². The van der Waals surface area contributed by atoms with Crippen LogP contribution in [0.3, 0.4) is 0 Å². The first-order chi connectivity index (χ1) is 13.1. The van der Waals surface area contributed by atoms with Gasteiger partial charge in [0, 0.05) is 42.3 Å². The minimum absolute atomic E-state index is 0.0108. The van der Waals surface area contributed by atoms with Gasteiger partial charge in [-0.15, -0.1) is 0 Å². The monoisotopic (exact) mass is 371 g/mol. The van der Waals surface area contributed by atoms with Gasteiger partial charge in [-0.2, -0.15) is 0 Å². The fourth-order valence-electron chi connectivity index (χ4n) is 5.14. The molecule has 3 heterocycles. The van der Waals surface area contributed by atoms with Crippen LogP contribution in [0.2, 0.25) is 0 Å². The highest BCUT2D eigenvalue weighted by molar-refractivity contribution is 5.83. The summed E-state index contributed by atoms with van der Waals surface area (Å²) in [7, 11) is 0. The van der Waals surface area contributed by atoms with Gasteiger partial charge in [0.1, 0.15) is 0 Å². The summed E-state index contributed by atoms with van der Waals surface area (Å²) in [5.74, 6) is -0.0328. The van der Waals surface area contributed by atoms with Gasteiger partial charge < -0.3 is 15.0 Å². The van der Waals surface area contributed by atoms with Crippen LogP contribution in [-0.4, -0.2) is 45.7 Å². The molecule has 1 saturated heterocycles. The van der Waals surface area contributed by atoms with E-state index in [9.17, 15) is 14.7 Å². The third-order valence-corrected chi connectivity index (χ3v) is 6.65. The molecule has 4 rings (SSSR count). The number of nitrogens with zero attached hydrogens (tertiary/aromatic N) is 2. The number of nitrogens with one attached hydrogen (secondary N) is 1. The second-order valence-electron chi connectivity index (χ2n) is 8.00. The number of carbonyl (C=O) groups excluding carboxylic acids is 1. The van der Waals surface area contributed by atoms with Crippen LogP contribution >= 0.6 is 0 Å². The molecule has 0 bridgehead atoms. The number of likely N-dealkylation sites (N-methyl/N-ethyl adjacent to an activating group) is 1. The van der Waals surface area contributed by atoms with Gasteiger partial charge in [0.05, 0.1) is 12.1 Å². The minimum atomic E-state index is -0.324. The van der Waals surface area contributed by atoms with E-state index in [4.69, 9.17) is 0 Å². The zero-order valence-corrected chi connectivity index (χ0v) is 16.1. The Balaban J connectivity index is 1.68. The number of allylic oxidation sites excluding steroid dienone is 1. The van der Waals surface area contributed by atoms with Crippen LogP contribution in [-0.2, 0) is 11.3 Å². The van der Waals surface area contributed by atoms with E-state index in [1.807, 2.05) is 35.8 Å². The Morgan fingerprint density at radius 2 is 2.15 bits per heavy atom. The number of aliphatic hydroxyl groups is 1. The summed E-state index contributed by atoms with van der Waals surface area (Å²) >= 11 is 0. The van der Waals surface area contributed by atoms with Crippen molar-refractivity contribution in [2.24, 2.45) is 11.8 Å². The molecule has 6 heteroatoms. The molecule has 0 aromatic carbocycles. The standard InChI is InChI=1S/C21H29N3O3/c1-3-6-13-9-10-17-18-15(11-24(17)21(13)27)16(12-25)19(23(18)4-2)20(26)22-14-7-5-8-14/h3,6,9-10,14-16,18-19,25H,4-5,7-8,11-12H2,1-2H3,(H,22,26)/b6-3-/t15-,16-,18+,19-/m0/s1. The average Bonchev–Trinajstić information content (AvgIpc) is 3.15. The van der Waals surface area contributed by atoms with Crippen molar-refractivity contribution in [2.75, 3.05) is 13.2 Å². The van der Waals surface area contributed by atoms with Crippen molar-refractivity contribution in [2.45, 2.75) is 57.8 Å². The molecule has 27 heavy (non-hydrogen) atoms. The lowest BCUT2D eigenvalue weighted by Gasteiger charge is -2.33.